The van der Waals surface area contributed by atoms with Gasteiger partial charge >= 0.3 is 23.9 Å². The van der Waals surface area contributed by atoms with Crippen molar-refractivity contribution in [2.45, 2.75) is 12.5 Å². The molecule has 11 nitrogen and oxygen atoms in total. The summed E-state index contributed by atoms with van der Waals surface area (Å²) in [6, 6.07) is 6.15. The monoisotopic (exact) mass is 506 g/mol. The van der Waals surface area contributed by atoms with E-state index in [1.54, 1.807) is 19.1 Å². The first-order valence-corrected chi connectivity index (χ1v) is 10.8. The number of rotatable bonds is 8. The smallest absolute Gasteiger partial charge is 0.356 e. The zero-order chi connectivity index (χ0) is 25.6. The van der Waals surface area contributed by atoms with Crippen LogP contribution in [0, 0.1) is 0 Å². The zero-order valence-corrected chi connectivity index (χ0v) is 19.7. The number of benzene rings is 1. The van der Waals surface area contributed by atoms with Crippen molar-refractivity contribution in [1.29, 1.82) is 0 Å². The minimum Gasteiger partial charge on any atom is -0.465 e. The van der Waals surface area contributed by atoms with Gasteiger partial charge in [0.1, 0.15) is 11.1 Å². The number of hydrogen-bond acceptors (Lipinski definition) is 11. The Labute approximate surface area is 205 Å². The second-order valence-corrected chi connectivity index (χ2v) is 7.48. The highest BCUT2D eigenvalue weighted by atomic mass is 35.5. The number of ether oxygens (including phenoxy) is 4. The number of carbonyl (C=O) groups excluding carboxylic acids is 4. The molecule has 0 radical (unpaired) electrons. The second kappa shape index (κ2) is 11.2. The maximum atomic E-state index is 13.5. The van der Waals surface area contributed by atoms with Gasteiger partial charge in [-0.05, 0) is 13.0 Å². The molecule has 4 rings (SSSR count). The van der Waals surface area contributed by atoms with E-state index in [1.807, 2.05) is 0 Å². The topological polar surface area (TPSA) is 144 Å². The van der Waals surface area contributed by atoms with Crippen molar-refractivity contribution in [2.24, 2.45) is 5.73 Å². The molecule has 3 aliphatic rings. The van der Waals surface area contributed by atoms with Crippen LogP contribution in [0.4, 0.5) is 0 Å². The first-order chi connectivity index (χ1) is 16.8. The Bertz CT molecular complexity index is 1130. The van der Waals surface area contributed by atoms with Crippen LogP contribution in [-0.2, 0) is 48.6 Å². The predicted octanol–water partition coefficient (Wildman–Crippen LogP) is 1.27. The van der Waals surface area contributed by atoms with Crippen LogP contribution >= 0.6 is 11.6 Å². The minimum absolute atomic E-state index is 0.0608. The number of hydroxylamine groups is 2. The molecule has 1 aromatic rings. The number of methoxy groups -OCH3 is 1. The van der Waals surface area contributed by atoms with Gasteiger partial charge in [0.25, 0.3) is 0 Å². The van der Waals surface area contributed by atoms with E-state index in [1.165, 1.54) is 12.1 Å². The standard InChI is InChI=1S/C23H23ClN2O9/c1-3-33-22(30)20-17(13-32-11-10-25)26-12-15(21(29)31-2)23(20,14-6-4-5-7-16(14)24)34-18(27)8-9-19(28)35-26/h4-9,12H,3,10-11,13,25H2,1-2H3/b9-8-. The van der Waals surface area contributed by atoms with Crippen LogP contribution in [-0.4, -0.2) is 62.4 Å². The van der Waals surface area contributed by atoms with Gasteiger partial charge in [0, 0.05) is 29.3 Å². The summed E-state index contributed by atoms with van der Waals surface area (Å²) in [5.41, 5.74) is 2.50. The molecular formula is C23H23ClN2O9. The summed E-state index contributed by atoms with van der Waals surface area (Å²) >= 11 is 6.51. The van der Waals surface area contributed by atoms with Gasteiger partial charge in [-0.1, -0.05) is 29.8 Å². The molecule has 0 fully saturated rings. The van der Waals surface area contributed by atoms with Crippen molar-refractivity contribution in [3.05, 3.63) is 70.0 Å². The van der Waals surface area contributed by atoms with E-state index in [0.717, 1.165) is 30.5 Å². The van der Waals surface area contributed by atoms with Crippen molar-refractivity contribution in [3.63, 3.8) is 0 Å². The van der Waals surface area contributed by atoms with Crippen molar-refractivity contribution < 1.29 is 43.0 Å². The molecule has 0 saturated carbocycles. The summed E-state index contributed by atoms with van der Waals surface area (Å²) in [6.07, 6.45) is 2.70. The molecule has 1 aromatic carbocycles. The molecule has 3 heterocycles. The van der Waals surface area contributed by atoms with Crippen molar-refractivity contribution in [2.75, 3.05) is 33.5 Å². The minimum atomic E-state index is -2.25. The molecule has 0 aromatic heterocycles. The number of halogens is 1. The van der Waals surface area contributed by atoms with E-state index in [4.69, 9.17) is 41.1 Å². The average Bonchev–Trinajstić information content (AvgIpc) is 2.83. The van der Waals surface area contributed by atoms with Crippen molar-refractivity contribution >= 4 is 35.5 Å². The normalized spacial score (nSPS) is 20.6. The lowest BCUT2D eigenvalue weighted by Crippen LogP contribution is -2.49. The maximum Gasteiger partial charge on any atom is 0.356 e. The zero-order valence-electron chi connectivity index (χ0n) is 18.9. The average molecular weight is 507 g/mol. The summed E-state index contributed by atoms with van der Waals surface area (Å²) in [5, 5.41) is 0.932. The molecule has 0 saturated heterocycles. The van der Waals surface area contributed by atoms with Crippen LogP contribution in [0.2, 0.25) is 5.02 Å². The highest BCUT2D eigenvalue weighted by Gasteiger charge is 2.57. The van der Waals surface area contributed by atoms with Crippen LogP contribution < -0.4 is 5.73 Å². The highest BCUT2D eigenvalue weighted by molar-refractivity contribution is 6.31. The van der Waals surface area contributed by atoms with E-state index in [-0.39, 0.29) is 53.8 Å². The van der Waals surface area contributed by atoms with E-state index < -0.39 is 29.5 Å². The Morgan fingerprint density at radius 2 is 1.86 bits per heavy atom. The van der Waals surface area contributed by atoms with Gasteiger partial charge in [0.15, 0.2) is 0 Å². The number of nitrogens with zero attached hydrogens (tertiary/aromatic N) is 1. The van der Waals surface area contributed by atoms with Crippen LogP contribution in [0.25, 0.3) is 0 Å². The molecule has 186 valence electrons. The molecule has 3 aliphatic heterocycles. The third-order valence-corrected chi connectivity index (χ3v) is 5.30. The third-order valence-electron chi connectivity index (χ3n) is 4.97. The molecular weight excluding hydrogens is 484 g/mol. The molecule has 12 heteroatoms. The van der Waals surface area contributed by atoms with Crippen molar-refractivity contribution in [1.82, 2.24) is 5.06 Å². The van der Waals surface area contributed by atoms with Crippen LogP contribution in [0.1, 0.15) is 12.5 Å². The van der Waals surface area contributed by atoms with Crippen LogP contribution in [0.3, 0.4) is 0 Å². The number of nitrogens with two attached hydrogens (primary N) is 1. The molecule has 1 atom stereocenters. The van der Waals surface area contributed by atoms with Crippen LogP contribution in [0.5, 0.6) is 0 Å². The van der Waals surface area contributed by atoms with E-state index in [2.05, 4.69) is 0 Å². The Hall–Kier alpha value is -3.67. The summed E-state index contributed by atoms with van der Waals surface area (Å²) < 4.78 is 21.6. The van der Waals surface area contributed by atoms with Gasteiger partial charge in [-0.3, -0.25) is 0 Å². The van der Waals surface area contributed by atoms with Gasteiger partial charge in [-0.25, -0.2) is 19.2 Å². The Balaban J connectivity index is 2.47. The quantitative estimate of drug-likeness (QED) is 0.309. The van der Waals surface area contributed by atoms with Gasteiger partial charge in [0.05, 0.1) is 38.8 Å². The summed E-state index contributed by atoms with van der Waals surface area (Å²) in [5.74, 6) is -4.04. The van der Waals surface area contributed by atoms with Gasteiger partial charge in [-0.15, -0.1) is 0 Å². The molecule has 35 heavy (non-hydrogen) atoms. The number of fused-ring (bicyclic) bond motifs is 4. The van der Waals surface area contributed by atoms with Gasteiger partial charge in [0.2, 0.25) is 5.60 Å². The first kappa shape index (κ1) is 25.9. The fourth-order valence-electron chi connectivity index (χ4n) is 3.61. The molecule has 1 unspecified atom stereocenters. The molecule has 0 aliphatic carbocycles. The fourth-order valence-corrected chi connectivity index (χ4v) is 3.88. The van der Waals surface area contributed by atoms with Crippen molar-refractivity contribution in [3.8, 4) is 0 Å². The number of carbonyl (C=O) groups is 4. The van der Waals surface area contributed by atoms with Gasteiger partial charge < -0.3 is 29.5 Å². The number of esters is 3. The van der Waals surface area contributed by atoms with E-state index in [0.29, 0.717) is 0 Å². The van der Waals surface area contributed by atoms with E-state index in [9.17, 15) is 19.2 Å². The molecule has 0 amide bonds. The predicted molar refractivity (Wildman–Crippen MR) is 120 cm³/mol. The Kier molecular flexibility index (Phi) is 8.28. The fraction of sp³-hybridized carbons (Fsp3) is 0.304. The lowest BCUT2D eigenvalue weighted by Gasteiger charge is -2.42. The Morgan fingerprint density at radius 1 is 1.14 bits per heavy atom. The lowest BCUT2D eigenvalue weighted by molar-refractivity contribution is -0.174. The van der Waals surface area contributed by atoms with Crippen LogP contribution in [0.15, 0.2) is 59.5 Å². The van der Waals surface area contributed by atoms with E-state index >= 15 is 0 Å². The Morgan fingerprint density at radius 3 is 2.51 bits per heavy atom. The summed E-state index contributed by atoms with van der Waals surface area (Å²) in [6.45, 7) is 1.39. The summed E-state index contributed by atoms with van der Waals surface area (Å²) in [4.78, 5) is 57.1. The lowest BCUT2D eigenvalue weighted by atomic mass is 9.76. The SMILES string of the molecule is CCOC(=O)C1=C(COCCN)N2C=C(C(=O)OC)C1(c1ccccc1Cl)OC(=O)/C=C\C(=O)O2. The molecule has 2 N–H and O–H groups in total. The van der Waals surface area contributed by atoms with Gasteiger partial charge in [-0.2, -0.15) is 5.06 Å². The molecule has 2 bridgehead atoms. The summed E-state index contributed by atoms with van der Waals surface area (Å²) in [7, 11) is 1.10. The maximum absolute atomic E-state index is 13.5. The second-order valence-electron chi connectivity index (χ2n) is 7.07. The first-order valence-electron chi connectivity index (χ1n) is 10.5. The largest absolute Gasteiger partial charge is 0.465 e. The molecule has 0 spiro atoms. The highest BCUT2D eigenvalue weighted by Crippen LogP contribution is 2.49. The third kappa shape index (κ3) is 5.06. The number of hydrogen-bond donors (Lipinski definition) is 1.